The van der Waals surface area contributed by atoms with Gasteiger partial charge in [0, 0.05) is 16.1 Å². The molecule has 0 unspecified atom stereocenters. The van der Waals surface area contributed by atoms with Crippen molar-refractivity contribution >= 4 is 44.7 Å². The van der Waals surface area contributed by atoms with Crippen molar-refractivity contribution in [3.05, 3.63) is 87.4 Å². The summed E-state index contributed by atoms with van der Waals surface area (Å²) >= 11 is 12.2. The predicted octanol–water partition coefficient (Wildman–Crippen LogP) is 5.56. The topological polar surface area (TPSA) is 78.8 Å². The number of sulfonamides is 1. The fraction of sp³-hybridized carbons (Fsp3) is 0.0952. The maximum Gasteiger partial charge on any atom is 0.284 e. The number of nitrogens with zero attached hydrogens (tertiary/aromatic N) is 1. The number of nitrogens with one attached hydrogen (secondary N) is 1. The van der Waals surface area contributed by atoms with Crippen LogP contribution in [-0.2, 0) is 10.0 Å². The minimum absolute atomic E-state index is 0.0151. The van der Waals surface area contributed by atoms with E-state index in [0.717, 1.165) is 0 Å². The fourth-order valence-electron chi connectivity index (χ4n) is 2.69. The van der Waals surface area contributed by atoms with Crippen molar-refractivity contribution < 1.29 is 13.5 Å². The van der Waals surface area contributed by atoms with Crippen LogP contribution in [0, 0.1) is 13.8 Å². The van der Waals surface area contributed by atoms with Crippen LogP contribution >= 0.6 is 23.2 Å². The van der Waals surface area contributed by atoms with Crippen LogP contribution in [0.15, 0.2) is 70.0 Å². The van der Waals surface area contributed by atoms with Gasteiger partial charge >= 0.3 is 0 Å². The van der Waals surface area contributed by atoms with E-state index >= 15 is 0 Å². The molecule has 0 aliphatic heterocycles. The molecule has 0 saturated heterocycles. The number of aromatic hydroxyl groups is 1. The molecule has 0 fully saturated rings. The maximum atomic E-state index is 12.8. The van der Waals surface area contributed by atoms with Crippen molar-refractivity contribution in [3.8, 4) is 5.75 Å². The molecule has 0 heterocycles. The third-order valence-electron chi connectivity index (χ3n) is 4.28. The summed E-state index contributed by atoms with van der Waals surface area (Å²) in [5.74, 6) is 0.194. The van der Waals surface area contributed by atoms with Crippen LogP contribution in [-0.4, -0.2) is 19.4 Å². The van der Waals surface area contributed by atoms with Gasteiger partial charge in [-0.05, 0) is 49.7 Å². The van der Waals surface area contributed by atoms with Crippen LogP contribution in [0.25, 0.3) is 0 Å². The van der Waals surface area contributed by atoms with Crippen LogP contribution in [0.2, 0.25) is 10.0 Å². The summed E-state index contributed by atoms with van der Waals surface area (Å²) < 4.78 is 29.7. The highest BCUT2D eigenvalue weighted by Gasteiger charge is 2.18. The zero-order valence-electron chi connectivity index (χ0n) is 15.6. The molecule has 150 valence electrons. The van der Waals surface area contributed by atoms with Gasteiger partial charge in [0.15, 0.2) is 5.84 Å². The predicted molar refractivity (Wildman–Crippen MR) is 118 cm³/mol. The van der Waals surface area contributed by atoms with E-state index in [-0.39, 0.29) is 21.5 Å². The van der Waals surface area contributed by atoms with Crippen LogP contribution in [0.5, 0.6) is 5.75 Å². The Hall–Kier alpha value is -2.54. The Morgan fingerprint density at radius 1 is 1.00 bits per heavy atom. The Labute approximate surface area is 179 Å². The second-order valence-electron chi connectivity index (χ2n) is 6.39. The molecule has 0 aromatic heterocycles. The number of hydrogen-bond donors (Lipinski definition) is 2. The van der Waals surface area contributed by atoms with Crippen molar-refractivity contribution in [1.82, 2.24) is 0 Å². The van der Waals surface area contributed by atoms with E-state index in [2.05, 4.69) is 9.71 Å². The zero-order chi connectivity index (χ0) is 21.2. The highest BCUT2D eigenvalue weighted by Crippen LogP contribution is 2.35. The molecule has 8 heteroatoms. The van der Waals surface area contributed by atoms with E-state index in [0.29, 0.717) is 27.4 Å². The Morgan fingerprint density at radius 3 is 2.24 bits per heavy atom. The molecular weight excluding hydrogens is 431 g/mol. The largest absolute Gasteiger partial charge is 0.507 e. The first-order valence-corrected chi connectivity index (χ1v) is 10.8. The van der Waals surface area contributed by atoms with E-state index < -0.39 is 10.0 Å². The number of hydrogen-bond acceptors (Lipinski definition) is 3. The second kappa shape index (κ2) is 8.45. The summed E-state index contributed by atoms with van der Waals surface area (Å²) in [5, 5.41) is 13.8. The van der Waals surface area contributed by atoms with Crippen molar-refractivity contribution in [3.63, 3.8) is 0 Å². The Balaban J connectivity index is 2.12. The molecule has 0 atom stereocenters. The van der Waals surface area contributed by atoms with Gasteiger partial charge < -0.3 is 10.4 Å². The summed E-state index contributed by atoms with van der Waals surface area (Å²) in [6, 6.07) is 16.2. The summed E-state index contributed by atoms with van der Waals surface area (Å²) in [6.07, 6.45) is 0. The van der Waals surface area contributed by atoms with Crippen molar-refractivity contribution in [2.45, 2.75) is 18.7 Å². The van der Waals surface area contributed by atoms with Crippen molar-refractivity contribution in [1.29, 1.82) is 0 Å². The molecule has 5 nitrogen and oxygen atoms in total. The molecule has 0 amide bonds. The minimum Gasteiger partial charge on any atom is -0.507 e. The lowest BCUT2D eigenvalue weighted by Gasteiger charge is -2.15. The van der Waals surface area contributed by atoms with Gasteiger partial charge in [0.1, 0.15) is 5.75 Å². The smallest absolute Gasteiger partial charge is 0.284 e. The Kier molecular flexibility index (Phi) is 6.17. The molecule has 3 rings (SSSR count). The standard InChI is InChI=1S/C21H18Cl2N2O3S/c1-13-12-18(19(23)14(2)20(13)26)24-21(15-6-4-3-5-7-15)25-29(27,28)17-10-8-16(22)9-11-17/h3-12,26H,1-2H3,(H,24,25). The van der Waals surface area contributed by atoms with Crippen molar-refractivity contribution in [2.24, 2.45) is 4.40 Å². The van der Waals surface area contributed by atoms with E-state index in [1.54, 1.807) is 44.2 Å². The number of phenols is 1. The van der Waals surface area contributed by atoms with Crippen LogP contribution in [0.4, 0.5) is 5.69 Å². The Morgan fingerprint density at radius 2 is 1.62 bits per heavy atom. The quantitative estimate of drug-likeness (QED) is 0.310. The number of amidine groups is 1. The first-order chi connectivity index (χ1) is 13.7. The number of aryl methyl sites for hydroxylation is 1. The van der Waals surface area contributed by atoms with E-state index in [1.165, 1.54) is 24.3 Å². The summed E-state index contributed by atoms with van der Waals surface area (Å²) in [6.45, 7) is 3.41. The highest BCUT2D eigenvalue weighted by atomic mass is 35.5. The van der Waals surface area contributed by atoms with E-state index in [9.17, 15) is 13.5 Å². The molecule has 0 aliphatic rings. The van der Waals surface area contributed by atoms with Gasteiger partial charge in [-0.15, -0.1) is 4.40 Å². The molecule has 29 heavy (non-hydrogen) atoms. The lowest BCUT2D eigenvalue weighted by atomic mass is 10.1. The fourth-order valence-corrected chi connectivity index (χ4v) is 3.99. The molecule has 0 saturated carbocycles. The number of rotatable bonds is 4. The lowest BCUT2D eigenvalue weighted by Crippen LogP contribution is -2.17. The molecular formula is C21H18Cl2N2O3S. The summed E-state index contributed by atoms with van der Waals surface area (Å²) in [4.78, 5) is 0.0151. The van der Waals surface area contributed by atoms with Crippen LogP contribution in [0.3, 0.4) is 0 Å². The highest BCUT2D eigenvalue weighted by molar-refractivity contribution is 7.90. The lowest BCUT2D eigenvalue weighted by molar-refractivity contribution is 0.467. The van der Waals surface area contributed by atoms with Gasteiger partial charge in [-0.1, -0.05) is 53.5 Å². The molecule has 3 aromatic rings. The molecule has 0 spiro atoms. The molecule has 0 bridgehead atoms. The van der Waals surface area contributed by atoms with Crippen LogP contribution in [0.1, 0.15) is 16.7 Å². The van der Waals surface area contributed by atoms with Gasteiger partial charge in [0.05, 0.1) is 15.6 Å². The van der Waals surface area contributed by atoms with Gasteiger partial charge in [0.25, 0.3) is 10.0 Å². The number of halogens is 2. The normalized spacial score (nSPS) is 12.1. The van der Waals surface area contributed by atoms with Gasteiger partial charge in [-0.3, -0.25) is 0 Å². The number of anilines is 1. The minimum atomic E-state index is -4.01. The Bertz CT molecular complexity index is 1180. The number of benzene rings is 3. The van der Waals surface area contributed by atoms with Crippen molar-refractivity contribution in [2.75, 3.05) is 5.32 Å². The third kappa shape index (κ3) is 4.72. The van der Waals surface area contributed by atoms with Gasteiger partial charge in [-0.25, -0.2) is 0 Å². The SMILES string of the molecule is Cc1cc(NC(=NS(=O)(=O)c2ccc(Cl)cc2)c2ccccc2)c(Cl)c(C)c1O. The maximum absolute atomic E-state index is 12.8. The first kappa shape index (κ1) is 21.2. The monoisotopic (exact) mass is 448 g/mol. The first-order valence-electron chi connectivity index (χ1n) is 8.60. The van der Waals surface area contributed by atoms with Gasteiger partial charge in [-0.2, -0.15) is 8.42 Å². The van der Waals surface area contributed by atoms with E-state index in [4.69, 9.17) is 23.2 Å². The average Bonchev–Trinajstić information content (AvgIpc) is 2.70. The summed E-state index contributed by atoms with van der Waals surface area (Å²) in [7, 11) is -4.01. The molecule has 0 aliphatic carbocycles. The molecule has 0 radical (unpaired) electrons. The molecule has 3 aromatic carbocycles. The summed E-state index contributed by atoms with van der Waals surface area (Å²) in [5.41, 5.74) is 2.09. The van der Waals surface area contributed by atoms with Crippen LogP contribution < -0.4 is 5.32 Å². The van der Waals surface area contributed by atoms with E-state index in [1.807, 2.05) is 6.07 Å². The third-order valence-corrected chi connectivity index (χ3v) is 6.31. The van der Waals surface area contributed by atoms with Gasteiger partial charge in [0.2, 0.25) is 0 Å². The second-order valence-corrected chi connectivity index (χ2v) is 8.81. The average molecular weight is 449 g/mol. The molecule has 2 N–H and O–H groups in total. The zero-order valence-corrected chi connectivity index (χ0v) is 18.0. The number of phenolic OH excluding ortho intramolecular Hbond substituents is 1.